The molecule has 1 saturated heterocycles. The first-order chi connectivity index (χ1) is 15.2. The number of nitrogens with zero attached hydrogens (tertiary/aromatic N) is 1. The number of ether oxygens (including phenoxy) is 1. The van der Waals surface area contributed by atoms with E-state index in [1.807, 2.05) is 13.8 Å². The van der Waals surface area contributed by atoms with Crippen molar-refractivity contribution < 1.29 is 24.2 Å². The van der Waals surface area contributed by atoms with Crippen LogP contribution in [0, 0.1) is 5.92 Å². The first-order valence-electron chi connectivity index (χ1n) is 11.2. The van der Waals surface area contributed by atoms with Crippen molar-refractivity contribution in [1.82, 2.24) is 15.5 Å². The van der Waals surface area contributed by atoms with Crippen LogP contribution in [0.2, 0.25) is 0 Å². The third kappa shape index (κ3) is 8.03. The van der Waals surface area contributed by atoms with Crippen molar-refractivity contribution in [3.8, 4) is 5.75 Å². The molecular weight excluding hydrogens is 412 g/mol. The quantitative estimate of drug-likeness (QED) is 0.380. The lowest BCUT2D eigenvalue weighted by atomic mass is 10.0. The van der Waals surface area contributed by atoms with Crippen molar-refractivity contribution in [2.45, 2.75) is 58.0 Å². The zero-order valence-corrected chi connectivity index (χ0v) is 19.2. The number of nitrogens with one attached hydrogen (secondary N) is 2. The number of carbonyl (C=O) groups excluding carboxylic acids is 2. The van der Waals surface area contributed by atoms with Crippen molar-refractivity contribution in [2.24, 2.45) is 5.92 Å². The van der Waals surface area contributed by atoms with E-state index in [0.717, 1.165) is 32.5 Å². The summed E-state index contributed by atoms with van der Waals surface area (Å²) in [6.45, 7) is 6.30. The lowest BCUT2D eigenvalue weighted by Gasteiger charge is -2.32. The van der Waals surface area contributed by atoms with Crippen LogP contribution >= 0.6 is 0 Å². The number of piperidine rings is 1. The second-order valence-electron chi connectivity index (χ2n) is 8.74. The van der Waals surface area contributed by atoms with E-state index in [4.69, 9.17) is 10.5 Å². The van der Waals surface area contributed by atoms with Crippen LogP contribution in [0.5, 0.6) is 5.75 Å². The maximum absolute atomic E-state index is 12.5. The zero-order valence-electron chi connectivity index (χ0n) is 19.2. The molecule has 32 heavy (non-hydrogen) atoms. The Hall–Kier alpha value is -2.81. The number of nitrogens with two attached hydrogens (primary N) is 1. The molecular formula is C23H36N4O5. The minimum atomic E-state index is -0.992. The van der Waals surface area contributed by atoms with Crippen LogP contribution in [0.4, 0.5) is 5.69 Å². The Balaban J connectivity index is 1.69. The molecule has 9 heteroatoms. The second kappa shape index (κ2) is 12.3. The number of benzene rings is 1. The van der Waals surface area contributed by atoms with Crippen LogP contribution in [0.1, 0.15) is 56.3 Å². The minimum Gasteiger partial charge on any atom is -0.495 e. The molecule has 1 aliphatic heterocycles. The molecule has 1 aliphatic rings. The molecule has 1 unspecified atom stereocenters. The molecule has 5 N–H and O–H groups in total. The van der Waals surface area contributed by atoms with Gasteiger partial charge in [0.1, 0.15) is 11.8 Å². The number of methoxy groups -OCH3 is 1. The van der Waals surface area contributed by atoms with Crippen molar-refractivity contribution in [2.75, 3.05) is 32.5 Å². The topological polar surface area (TPSA) is 134 Å². The fraction of sp³-hybridized carbons (Fsp3) is 0.609. The van der Waals surface area contributed by atoms with Gasteiger partial charge in [-0.2, -0.15) is 0 Å². The summed E-state index contributed by atoms with van der Waals surface area (Å²) in [6, 6.07) is 4.25. The predicted octanol–water partition coefficient (Wildman–Crippen LogP) is 1.87. The first-order valence-corrected chi connectivity index (χ1v) is 11.2. The third-order valence-corrected chi connectivity index (χ3v) is 5.64. The first kappa shape index (κ1) is 25.5. The molecule has 0 aromatic heterocycles. The molecule has 0 aliphatic carbocycles. The standard InChI is InChI=1S/C23H36N4O5/c1-15(2)13-19(23(30)31)26-21(28)5-4-10-27-11-8-17(9-12-27)25-22(29)16-6-7-18(24)20(14-16)32-3/h6-7,14-15,17,19H,4-5,8-13,24H2,1-3H3,(H,25,29)(H,26,28)(H,30,31). The molecule has 0 bridgehead atoms. The van der Waals surface area contributed by atoms with E-state index in [1.165, 1.54) is 7.11 Å². The highest BCUT2D eigenvalue weighted by Gasteiger charge is 2.23. The average molecular weight is 449 g/mol. The summed E-state index contributed by atoms with van der Waals surface area (Å²) < 4.78 is 5.17. The molecule has 9 nitrogen and oxygen atoms in total. The molecule has 0 saturated carbocycles. The number of hydrogen-bond acceptors (Lipinski definition) is 6. The van der Waals surface area contributed by atoms with Crippen LogP contribution in [0.15, 0.2) is 18.2 Å². The summed E-state index contributed by atoms with van der Waals surface area (Å²) in [5.41, 5.74) is 6.81. The Kier molecular flexibility index (Phi) is 9.77. The van der Waals surface area contributed by atoms with Gasteiger partial charge in [-0.05, 0) is 56.3 Å². The van der Waals surface area contributed by atoms with E-state index < -0.39 is 12.0 Å². The highest BCUT2D eigenvalue weighted by atomic mass is 16.5. The summed E-state index contributed by atoms with van der Waals surface area (Å²) in [7, 11) is 1.52. The number of likely N-dealkylation sites (tertiary alicyclic amines) is 1. The van der Waals surface area contributed by atoms with Gasteiger partial charge in [0.15, 0.2) is 0 Å². The maximum atomic E-state index is 12.5. The monoisotopic (exact) mass is 448 g/mol. The third-order valence-electron chi connectivity index (χ3n) is 5.64. The summed E-state index contributed by atoms with van der Waals surface area (Å²) >= 11 is 0. The molecule has 1 heterocycles. The zero-order chi connectivity index (χ0) is 23.7. The van der Waals surface area contributed by atoms with Crippen LogP contribution in [-0.4, -0.2) is 66.6 Å². The van der Waals surface area contributed by atoms with Crippen LogP contribution in [0.3, 0.4) is 0 Å². The Bertz CT molecular complexity index is 791. The maximum Gasteiger partial charge on any atom is 0.326 e. The van der Waals surface area contributed by atoms with Crippen LogP contribution in [-0.2, 0) is 9.59 Å². The van der Waals surface area contributed by atoms with Gasteiger partial charge in [-0.1, -0.05) is 13.8 Å². The predicted molar refractivity (Wildman–Crippen MR) is 123 cm³/mol. The molecule has 0 spiro atoms. The fourth-order valence-electron chi connectivity index (χ4n) is 3.84. The average Bonchev–Trinajstić information content (AvgIpc) is 2.74. The Morgan fingerprint density at radius 1 is 1.25 bits per heavy atom. The molecule has 1 aromatic rings. The molecule has 2 amide bonds. The van der Waals surface area contributed by atoms with E-state index in [9.17, 15) is 19.5 Å². The molecule has 2 rings (SSSR count). The van der Waals surface area contributed by atoms with E-state index in [-0.39, 0.29) is 23.8 Å². The minimum absolute atomic E-state index is 0.0953. The van der Waals surface area contributed by atoms with E-state index in [1.54, 1.807) is 18.2 Å². The number of aliphatic carboxylic acids is 1. The largest absolute Gasteiger partial charge is 0.495 e. The molecule has 1 aromatic carbocycles. The number of anilines is 1. The number of carbonyl (C=O) groups is 3. The van der Waals surface area contributed by atoms with Gasteiger partial charge in [-0.3, -0.25) is 9.59 Å². The number of carboxylic acid groups (broad SMARTS) is 1. The van der Waals surface area contributed by atoms with Crippen molar-refractivity contribution in [1.29, 1.82) is 0 Å². The number of nitrogen functional groups attached to an aromatic ring is 1. The Morgan fingerprint density at radius 2 is 1.94 bits per heavy atom. The van der Waals surface area contributed by atoms with Gasteiger partial charge in [-0.25, -0.2) is 4.79 Å². The summed E-state index contributed by atoms with van der Waals surface area (Å²) in [6.07, 6.45) is 3.06. The number of rotatable bonds is 11. The number of carboxylic acids is 1. The van der Waals surface area contributed by atoms with Gasteiger partial charge in [0.05, 0.1) is 12.8 Å². The van der Waals surface area contributed by atoms with Crippen LogP contribution in [0.25, 0.3) is 0 Å². The van der Waals surface area contributed by atoms with E-state index >= 15 is 0 Å². The van der Waals surface area contributed by atoms with E-state index in [0.29, 0.717) is 36.3 Å². The summed E-state index contributed by atoms with van der Waals surface area (Å²) in [5.74, 6) is -0.684. The number of amides is 2. The van der Waals surface area contributed by atoms with Gasteiger partial charge in [0, 0.05) is 31.1 Å². The highest BCUT2D eigenvalue weighted by molar-refractivity contribution is 5.95. The van der Waals surface area contributed by atoms with Gasteiger partial charge >= 0.3 is 5.97 Å². The summed E-state index contributed by atoms with van der Waals surface area (Å²) in [5, 5.41) is 14.9. The van der Waals surface area contributed by atoms with Gasteiger partial charge in [0.25, 0.3) is 5.91 Å². The van der Waals surface area contributed by atoms with Crippen molar-refractivity contribution >= 4 is 23.5 Å². The molecule has 1 atom stereocenters. The van der Waals surface area contributed by atoms with Gasteiger partial charge in [0.2, 0.25) is 5.91 Å². The second-order valence-corrected chi connectivity index (χ2v) is 8.74. The van der Waals surface area contributed by atoms with Gasteiger partial charge < -0.3 is 31.1 Å². The smallest absolute Gasteiger partial charge is 0.326 e. The molecule has 0 radical (unpaired) electrons. The fourth-order valence-corrected chi connectivity index (χ4v) is 3.84. The van der Waals surface area contributed by atoms with E-state index in [2.05, 4.69) is 15.5 Å². The Labute approximate surface area is 189 Å². The summed E-state index contributed by atoms with van der Waals surface area (Å²) in [4.78, 5) is 38.2. The normalized spacial score (nSPS) is 15.9. The number of hydrogen-bond donors (Lipinski definition) is 4. The molecule has 1 fully saturated rings. The SMILES string of the molecule is COc1cc(C(=O)NC2CCN(CCCC(=O)NC(CC(C)C)C(=O)O)CC2)ccc1N. The van der Waals surface area contributed by atoms with Crippen LogP contribution < -0.4 is 21.1 Å². The van der Waals surface area contributed by atoms with Crippen molar-refractivity contribution in [3.05, 3.63) is 23.8 Å². The molecule has 178 valence electrons. The van der Waals surface area contributed by atoms with Gasteiger partial charge in [-0.15, -0.1) is 0 Å². The lowest BCUT2D eigenvalue weighted by Crippen LogP contribution is -2.45. The lowest BCUT2D eigenvalue weighted by molar-refractivity contribution is -0.142. The Morgan fingerprint density at radius 3 is 2.53 bits per heavy atom. The highest BCUT2D eigenvalue weighted by Crippen LogP contribution is 2.22. The van der Waals surface area contributed by atoms with Crippen molar-refractivity contribution in [3.63, 3.8) is 0 Å².